The standard InChI is InChI=1S/C17H16O4/c1-19-12-8-9-14-13(10-12)15(18)17(20-2)16(21-14)11-6-4-3-5-7-11/h3-10,16-17H,1-2H3. The molecule has 2 aromatic carbocycles. The van der Waals surface area contributed by atoms with Crippen LogP contribution in [0.25, 0.3) is 0 Å². The number of fused-ring (bicyclic) bond motifs is 1. The summed E-state index contributed by atoms with van der Waals surface area (Å²) < 4.78 is 16.5. The van der Waals surface area contributed by atoms with Crippen LogP contribution in [0, 0.1) is 0 Å². The number of hydrogen-bond acceptors (Lipinski definition) is 4. The predicted molar refractivity (Wildman–Crippen MR) is 77.9 cm³/mol. The Balaban J connectivity index is 2.04. The molecule has 0 aliphatic carbocycles. The van der Waals surface area contributed by atoms with Crippen molar-refractivity contribution in [2.75, 3.05) is 14.2 Å². The molecule has 108 valence electrons. The summed E-state index contributed by atoms with van der Waals surface area (Å²) in [4.78, 5) is 12.6. The van der Waals surface area contributed by atoms with Gasteiger partial charge in [0, 0.05) is 7.11 Å². The molecule has 2 unspecified atom stereocenters. The zero-order valence-electron chi connectivity index (χ0n) is 11.9. The minimum absolute atomic E-state index is 0.0912. The molecule has 3 rings (SSSR count). The van der Waals surface area contributed by atoms with E-state index in [1.165, 1.54) is 7.11 Å². The fraction of sp³-hybridized carbons (Fsp3) is 0.235. The summed E-state index contributed by atoms with van der Waals surface area (Å²) in [5.41, 5.74) is 1.41. The van der Waals surface area contributed by atoms with E-state index in [1.54, 1.807) is 25.3 Å². The SMILES string of the molecule is COc1ccc2c(c1)C(=O)C(OC)C(c1ccccc1)O2. The molecule has 4 nitrogen and oxygen atoms in total. The van der Waals surface area contributed by atoms with Gasteiger partial charge in [-0.3, -0.25) is 4.79 Å². The minimum Gasteiger partial charge on any atom is -0.497 e. The summed E-state index contributed by atoms with van der Waals surface area (Å²) in [6.45, 7) is 0. The number of hydrogen-bond donors (Lipinski definition) is 0. The van der Waals surface area contributed by atoms with E-state index in [4.69, 9.17) is 14.2 Å². The van der Waals surface area contributed by atoms with Crippen LogP contribution in [0.15, 0.2) is 48.5 Å². The number of rotatable bonds is 3. The molecule has 2 aromatic rings. The smallest absolute Gasteiger partial charge is 0.199 e. The van der Waals surface area contributed by atoms with Gasteiger partial charge in [-0.15, -0.1) is 0 Å². The van der Waals surface area contributed by atoms with Crippen molar-refractivity contribution in [2.24, 2.45) is 0 Å². The van der Waals surface area contributed by atoms with E-state index in [9.17, 15) is 4.79 Å². The molecule has 21 heavy (non-hydrogen) atoms. The van der Waals surface area contributed by atoms with Gasteiger partial charge in [0.05, 0.1) is 12.7 Å². The molecular formula is C17H16O4. The van der Waals surface area contributed by atoms with Gasteiger partial charge >= 0.3 is 0 Å². The number of ketones is 1. The Morgan fingerprint density at radius 3 is 2.48 bits per heavy atom. The first-order valence-corrected chi connectivity index (χ1v) is 6.71. The molecule has 0 saturated carbocycles. The van der Waals surface area contributed by atoms with Gasteiger partial charge in [0.25, 0.3) is 0 Å². The largest absolute Gasteiger partial charge is 0.497 e. The average molecular weight is 284 g/mol. The fourth-order valence-electron chi connectivity index (χ4n) is 2.54. The molecular weight excluding hydrogens is 268 g/mol. The van der Waals surface area contributed by atoms with Crippen LogP contribution in [0.3, 0.4) is 0 Å². The Bertz CT molecular complexity index is 651. The summed E-state index contributed by atoms with van der Waals surface area (Å²) in [5, 5.41) is 0. The van der Waals surface area contributed by atoms with Gasteiger partial charge < -0.3 is 14.2 Å². The molecule has 1 aliphatic rings. The van der Waals surface area contributed by atoms with Crippen molar-refractivity contribution in [1.29, 1.82) is 0 Å². The van der Waals surface area contributed by atoms with Gasteiger partial charge in [0.2, 0.25) is 0 Å². The maximum Gasteiger partial charge on any atom is 0.199 e. The monoisotopic (exact) mass is 284 g/mol. The van der Waals surface area contributed by atoms with Gasteiger partial charge in [0.1, 0.15) is 11.5 Å². The maximum atomic E-state index is 12.6. The first kappa shape index (κ1) is 13.6. The normalized spacial score (nSPS) is 20.6. The van der Waals surface area contributed by atoms with Gasteiger partial charge in [-0.25, -0.2) is 0 Å². The van der Waals surface area contributed by atoms with Gasteiger partial charge in [0.15, 0.2) is 18.0 Å². The van der Waals surface area contributed by atoms with E-state index in [0.717, 1.165) is 5.56 Å². The van der Waals surface area contributed by atoms with Crippen molar-refractivity contribution in [2.45, 2.75) is 12.2 Å². The van der Waals surface area contributed by atoms with Crippen LogP contribution in [0.5, 0.6) is 11.5 Å². The Kier molecular flexibility index (Phi) is 3.62. The molecule has 1 heterocycles. The third-order valence-corrected chi connectivity index (χ3v) is 3.62. The molecule has 0 radical (unpaired) electrons. The maximum absolute atomic E-state index is 12.6. The molecule has 0 spiro atoms. The van der Waals surface area contributed by atoms with E-state index in [0.29, 0.717) is 17.1 Å². The van der Waals surface area contributed by atoms with Crippen LogP contribution >= 0.6 is 0 Å². The molecule has 1 aliphatic heterocycles. The predicted octanol–water partition coefficient (Wildman–Crippen LogP) is 3.03. The lowest BCUT2D eigenvalue weighted by Gasteiger charge is -2.32. The highest BCUT2D eigenvalue weighted by molar-refractivity contribution is 6.03. The summed E-state index contributed by atoms with van der Waals surface area (Å²) in [6, 6.07) is 14.8. The first-order chi connectivity index (χ1) is 10.2. The van der Waals surface area contributed by atoms with Crippen molar-refractivity contribution in [3.05, 3.63) is 59.7 Å². The lowest BCUT2D eigenvalue weighted by Crippen LogP contribution is -2.37. The second kappa shape index (κ2) is 5.58. The van der Waals surface area contributed by atoms with Crippen molar-refractivity contribution in [1.82, 2.24) is 0 Å². The van der Waals surface area contributed by atoms with Gasteiger partial charge in [-0.2, -0.15) is 0 Å². The van der Waals surface area contributed by atoms with Gasteiger partial charge in [-0.1, -0.05) is 30.3 Å². The Labute approximate surface area is 123 Å². The van der Waals surface area contributed by atoms with Crippen LogP contribution < -0.4 is 9.47 Å². The lowest BCUT2D eigenvalue weighted by molar-refractivity contribution is -0.000661. The summed E-state index contributed by atoms with van der Waals surface area (Å²) in [7, 11) is 3.09. The average Bonchev–Trinajstić information content (AvgIpc) is 2.55. The number of Topliss-reactive ketones (excluding diaryl/α,β-unsaturated/α-hetero) is 1. The zero-order valence-corrected chi connectivity index (χ0v) is 11.9. The highest BCUT2D eigenvalue weighted by atomic mass is 16.5. The summed E-state index contributed by atoms with van der Waals surface area (Å²) in [5.74, 6) is 1.09. The highest BCUT2D eigenvalue weighted by Gasteiger charge is 2.38. The lowest BCUT2D eigenvalue weighted by atomic mass is 9.93. The zero-order chi connectivity index (χ0) is 14.8. The topological polar surface area (TPSA) is 44.8 Å². The van der Waals surface area contributed by atoms with Crippen molar-refractivity contribution in [3.63, 3.8) is 0 Å². The fourth-order valence-corrected chi connectivity index (χ4v) is 2.54. The van der Waals surface area contributed by atoms with Crippen LogP contribution in [-0.2, 0) is 4.74 Å². The highest BCUT2D eigenvalue weighted by Crippen LogP contribution is 2.37. The van der Waals surface area contributed by atoms with Crippen molar-refractivity contribution < 1.29 is 19.0 Å². The second-order valence-electron chi connectivity index (χ2n) is 4.83. The van der Waals surface area contributed by atoms with Crippen molar-refractivity contribution >= 4 is 5.78 Å². The Hall–Kier alpha value is -2.33. The summed E-state index contributed by atoms with van der Waals surface area (Å²) >= 11 is 0. The molecule has 4 heteroatoms. The molecule has 0 saturated heterocycles. The number of carbonyl (C=O) groups is 1. The van der Waals surface area contributed by atoms with Gasteiger partial charge in [-0.05, 0) is 23.8 Å². The molecule has 0 aromatic heterocycles. The van der Waals surface area contributed by atoms with Crippen LogP contribution in [0.4, 0.5) is 0 Å². The van der Waals surface area contributed by atoms with Crippen molar-refractivity contribution in [3.8, 4) is 11.5 Å². The number of carbonyl (C=O) groups excluding carboxylic acids is 1. The third kappa shape index (κ3) is 2.38. The molecule has 0 bridgehead atoms. The minimum atomic E-state index is -0.660. The molecule has 2 atom stereocenters. The molecule has 0 amide bonds. The van der Waals surface area contributed by atoms with E-state index < -0.39 is 12.2 Å². The Morgan fingerprint density at radius 2 is 1.81 bits per heavy atom. The second-order valence-corrected chi connectivity index (χ2v) is 4.83. The van der Waals surface area contributed by atoms with E-state index >= 15 is 0 Å². The number of benzene rings is 2. The molecule has 0 fully saturated rings. The van der Waals surface area contributed by atoms with E-state index in [1.807, 2.05) is 30.3 Å². The third-order valence-electron chi connectivity index (χ3n) is 3.62. The van der Waals surface area contributed by atoms with Crippen LogP contribution in [-0.4, -0.2) is 26.1 Å². The first-order valence-electron chi connectivity index (χ1n) is 6.71. The quantitative estimate of drug-likeness (QED) is 0.869. The molecule has 0 N–H and O–H groups in total. The van der Waals surface area contributed by atoms with Crippen LogP contribution in [0.2, 0.25) is 0 Å². The van der Waals surface area contributed by atoms with E-state index in [-0.39, 0.29) is 5.78 Å². The number of methoxy groups -OCH3 is 2. The van der Waals surface area contributed by atoms with E-state index in [2.05, 4.69) is 0 Å². The van der Waals surface area contributed by atoms with Crippen LogP contribution in [0.1, 0.15) is 22.0 Å². The summed E-state index contributed by atoms with van der Waals surface area (Å²) in [6.07, 6.45) is -1.10. The Morgan fingerprint density at radius 1 is 1.05 bits per heavy atom. The number of ether oxygens (including phenoxy) is 3.